The molecule has 0 saturated heterocycles. The number of rotatable bonds is 6. The number of para-hydroxylation sites is 4. The van der Waals surface area contributed by atoms with Crippen LogP contribution in [0.25, 0.3) is 0 Å². The van der Waals surface area contributed by atoms with Gasteiger partial charge in [-0.25, -0.2) is 0 Å². The van der Waals surface area contributed by atoms with E-state index in [2.05, 4.69) is 0 Å². The Morgan fingerprint density at radius 1 is 0.750 bits per heavy atom. The van der Waals surface area contributed by atoms with Crippen LogP contribution in [0.3, 0.4) is 0 Å². The fourth-order valence-electron chi connectivity index (χ4n) is 5.25. The molecule has 0 radical (unpaired) electrons. The van der Waals surface area contributed by atoms with Gasteiger partial charge in [-0.2, -0.15) is 0 Å². The minimum absolute atomic E-state index is 0.0384. The molecule has 4 aromatic carbocycles. The number of fused-ring (bicyclic) bond motifs is 1. The van der Waals surface area contributed by atoms with Crippen LogP contribution in [0.5, 0.6) is 0 Å². The van der Waals surface area contributed by atoms with Crippen LogP contribution in [0.1, 0.15) is 45.7 Å². The van der Waals surface area contributed by atoms with E-state index in [9.17, 15) is 29.8 Å². The minimum Gasteiger partial charge on any atom is -0.305 e. The first-order valence-electron chi connectivity index (χ1n) is 12.6. The molecule has 0 aromatic heterocycles. The second-order valence-electron chi connectivity index (χ2n) is 9.39. The average molecular weight is 537 g/mol. The summed E-state index contributed by atoms with van der Waals surface area (Å²) in [5.41, 5.74) is 0.990. The van der Waals surface area contributed by atoms with E-state index in [0.717, 1.165) is 0 Å². The van der Waals surface area contributed by atoms with Crippen LogP contribution < -0.4 is 9.80 Å². The van der Waals surface area contributed by atoms with Crippen molar-refractivity contribution in [3.8, 4) is 0 Å². The van der Waals surface area contributed by atoms with E-state index in [1.807, 2.05) is 13.0 Å². The first-order valence-corrected chi connectivity index (χ1v) is 12.6. The first kappa shape index (κ1) is 26.2. The number of amides is 2. The second-order valence-corrected chi connectivity index (χ2v) is 9.39. The smallest absolute Gasteiger partial charge is 0.282 e. The van der Waals surface area contributed by atoms with Crippen molar-refractivity contribution in [1.82, 2.24) is 0 Å². The third-order valence-corrected chi connectivity index (χ3v) is 7.01. The summed E-state index contributed by atoms with van der Waals surface area (Å²) in [6, 6.07) is 26.5. The van der Waals surface area contributed by atoms with Gasteiger partial charge in [-0.3, -0.25) is 29.8 Å². The summed E-state index contributed by atoms with van der Waals surface area (Å²) < 4.78 is 0. The van der Waals surface area contributed by atoms with E-state index in [1.165, 1.54) is 46.2 Å². The molecule has 0 spiro atoms. The SMILES string of the molecule is C[C@@H]1C[C@@H](N(C(=O)c2ccccc2[N+](=O)[O-])c2ccccc2)c2ccccc2N1C(=O)c1ccccc1[N+](=O)[O-]. The molecule has 2 amide bonds. The van der Waals surface area contributed by atoms with Crippen LogP contribution in [-0.4, -0.2) is 27.7 Å². The molecule has 5 rings (SSSR count). The van der Waals surface area contributed by atoms with Crippen molar-refractivity contribution in [2.24, 2.45) is 0 Å². The largest absolute Gasteiger partial charge is 0.305 e. The van der Waals surface area contributed by atoms with Crippen LogP contribution in [0.2, 0.25) is 0 Å². The molecule has 4 aromatic rings. The lowest BCUT2D eigenvalue weighted by Gasteiger charge is -2.43. The minimum atomic E-state index is -0.587. The molecule has 40 heavy (non-hydrogen) atoms. The van der Waals surface area contributed by atoms with Crippen molar-refractivity contribution in [1.29, 1.82) is 0 Å². The van der Waals surface area contributed by atoms with Crippen molar-refractivity contribution in [2.45, 2.75) is 25.4 Å². The van der Waals surface area contributed by atoms with Gasteiger partial charge in [0.1, 0.15) is 11.1 Å². The monoisotopic (exact) mass is 536 g/mol. The van der Waals surface area contributed by atoms with Crippen molar-refractivity contribution in [2.75, 3.05) is 9.80 Å². The Balaban J connectivity index is 1.64. The number of nitro groups is 2. The van der Waals surface area contributed by atoms with Gasteiger partial charge in [-0.05, 0) is 49.2 Å². The van der Waals surface area contributed by atoms with E-state index >= 15 is 0 Å². The maximum absolute atomic E-state index is 14.1. The summed E-state index contributed by atoms with van der Waals surface area (Å²) in [6.45, 7) is 1.81. The summed E-state index contributed by atoms with van der Waals surface area (Å²) >= 11 is 0. The molecule has 200 valence electrons. The normalized spacial score (nSPS) is 16.1. The fourth-order valence-corrected chi connectivity index (χ4v) is 5.25. The Morgan fingerprint density at radius 3 is 1.93 bits per heavy atom. The van der Waals surface area contributed by atoms with E-state index in [-0.39, 0.29) is 28.9 Å². The van der Waals surface area contributed by atoms with Crippen LogP contribution >= 0.6 is 0 Å². The molecule has 10 nitrogen and oxygen atoms in total. The molecule has 1 heterocycles. The Bertz CT molecular complexity index is 1620. The molecular formula is C30H24N4O6. The highest BCUT2D eigenvalue weighted by atomic mass is 16.6. The molecule has 0 N–H and O–H groups in total. The van der Waals surface area contributed by atoms with Crippen molar-refractivity contribution in [3.63, 3.8) is 0 Å². The van der Waals surface area contributed by atoms with Crippen LogP contribution in [0.4, 0.5) is 22.7 Å². The number of carbonyl (C=O) groups excluding carboxylic acids is 2. The molecule has 0 unspecified atom stereocenters. The van der Waals surface area contributed by atoms with Crippen LogP contribution in [-0.2, 0) is 0 Å². The number of nitrogens with zero attached hydrogens (tertiary/aromatic N) is 4. The Hall–Kier alpha value is -5.38. The van der Waals surface area contributed by atoms with Gasteiger partial charge in [0.2, 0.25) is 0 Å². The number of hydrogen-bond acceptors (Lipinski definition) is 6. The standard InChI is InChI=1S/C30H24N4O6/c1-20-19-28(32(21-11-3-2-4-12-21)30(36)24-15-7-10-18-27(24)34(39)40)22-13-5-8-16-25(22)31(20)29(35)23-14-6-9-17-26(23)33(37)38/h2-18,20,28H,19H2,1H3/t20-,28-/m1/s1. The highest BCUT2D eigenvalue weighted by Gasteiger charge is 2.41. The van der Waals surface area contributed by atoms with Gasteiger partial charge in [0, 0.05) is 29.5 Å². The molecule has 0 saturated carbocycles. The predicted octanol–water partition coefficient (Wildman–Crippen LogP) is 6.33. The molecule has 0 bridgehead atoms. The molecule has 1 aliphatic rings. The summed E-state index contributed by atoms with van der Waals surface area (Å²) in [5, 5.41) is 23.4. The maximum Gasteiger partial charge on any atom is 0.282 e. The van der Waals surface area contributed by atoms with E-state index in [4.69, 9.17) is 0 Å². The van der Waals surface area contributed by atoms with Crippen LogP contribution in [0, 0.1) is 20.2 Å². The number of benzene rings is 4. The van der Waals surface area contributed by atoms with Gasteiger partial charge in [-0.15, -0.1) is 0 Å². The number of anilines is 2. The van der Waals surface area contributed by atoms with E-state index in [1.54, 1.807) is 60.7 Å². The summed E-state index contributed by atoms with van der Waals surface area (Å²) in [6.07, 6.45) is 0.282. The van der Waals surface area contributed by atoms with Gasteiger partial charge in [-0.1, -0.05) is 60.7 Å². The number of carbonyl (C=O) groups is 2. The third-order valence-electron chi connectivity index (χ3n) is 7.01. The Labute approximate surface area is 229 Å². The van der Waals surface area contributed by atoms with Gasteiger partial charge < -0.3 is 9.80 Å². The Kier molecular flexibility index (Phi) is 7.07. The van der Waals surface area contributed by atoms with Gasteiger partial charge >= 0.3 is 0 Å². The molecule has 10 heteroatoms. The lowest BCUT2D eigenvalue weighted by molar-refractivity contribution is -0.385. The van der Waals surface area contributed by atoms with E-state index < -0.39 is 33.7 Å². The summed E-state index contributed by atoms with van der Waals surface area (Å²) in [5.74, 6) is -1.08. The third kappa shape index (κ3) is 4.66. The van der Waals surface area contributed by atoms with Crippen molar-refractivity contribution >= 4 is 34.6 Å². The highest BCUT2D eigenvalue weighted by molar-refractivity contribution is 6.11. The summed E-state index contributed by atoms with van der Waals surface area (Å²) in [4.78, 5) is 53.2. The molecule has 0 fully saturated rings. The Morgan fingerprint density at radius 2 is 1.27 bits per heavy atom. The van der Waals surface area contributed by atoms with Gasteiger partial charge in [0.25, 0.3) is 23.2 Å². The maximum atomic E-state index is 14.1. The quantitative estimate of drug-likeness (QED) is 0.209. The zero-order valence-electron chi connectivity index (χ0n) is 21.4. The number of hydrogen-bond donors (Lipinski definition) is 0. The van der Waals surface area contributed by atoms with Crippen molar-refractivity contribution < 1.29 is 19.4 Å². The molecular weight excluding hydrogens is 512 g/mol. The van der Waals surface area contributed by atoms with Crippen molar-refractivity contribution in [3.05, 3.63) is 140 Å². The van der Waals surface area contributed by atoms with Gasteiger partial charge in [0.15, 0.2) is 0 Å². The lowest BCUT2D eigenvalue weighted by Crippen LogP contribution is -2.48. The molecule has 2 atom stereocenters. The van der Waals surface area contributed by atoms with E-state index in [0.29, 0.717) is 16.9 Å². The van der Waals surface area contributed by atoms with Gasteiger partial charge in [0.05, 0.1) is 15.9 Å². The number of nitro benzene ring substituents is 2. The lowest BCUT2D eigenvalue weighted by atomic mass is 9.89. The zero-order chi connectivity index (χ0) is 28.4. The van der Waals surface area contributed by atoms with Crippen LogP contribution in [0.15, 0.2) is 103 Å². The topological polar surface area (TPSA) is 127 Å². The predicted molar refractivity (Wildman–Crippen MR) is 150 cm³/mol. The molecule has 0 aliphatic carbocycles. The molecule has 1 aliphatic heterocycles. The first-order chi connectivity index (χ1) is 19.3. The second kappa shape index (κ2) is 10.8. The highest BCUT2D eigenvalue weighted by Crippen LogP contribution is 2.44. The zero-order valence-corrected chi connectivity index (χ0v) is 21.4. The average Bonchev–Trinajstić information content (AvgIpc) is 2.97. The fraction of sp³-hybridized carbons (Fsp3) is 0.133. The summed E-state index contributed by atoms with van der Waals surface area (Å²) in [7, 11) is 0.